The van der Waals surface area contributed by atoms with Crippen molar-refractivity contribution >= 4 is 29.4 Å². The molecule has 4 rings (SSSR count). The van der Waals surface area contributed by atoms with Crippen molar-refractivity contribution in [2.24, 2.45) is 19.3 Å². The molecule has 1 aliphatic rings. The Labute approximate surface area is 201 Å². The van der Waals surface area contributed by atoms with Gasteiger partial charge in [0.1, 0.15) is 5.60 Å². The van der Waals surface area contributed by atoms with E-state index >= 15 is 0 Å². The summed E-state index contributed by atoms with van der Waals surface area (Å²) in [5, 5.41) is 12.3. The van der Waals surface area contributed by atoms with E-state index in [2.05, 4.69) is 5.16 Å². The predicted molar refractivity (Wildman–Crippen MR) is 131 cm³/mol. The van der Waals surface area contributed by atoms with E-state index < -0.39 is 16.9 Å². The quantitative estimate of drug-likeness (QED) is 0.338. The van der Waals surface area contributed by atoms with Crippen LogP contribution in [-0.2, 0) is 18.8 Å². The number of carbonyl (C=O) groups excluding carboxylic acids is 1. The zero-order valence-corrected chi connectivity index (χ0v) is 20.4. The maximum Gasteiger partial charge on any atom is 0.410 e. The van der Waals surface area contributed by atoms with Crippen molar-refractivity contribution in [3.63, 3.8) is 0 Å². The molecular formula is C23H29N7O5. The fraction of sp³-hybridized carbons (Fsp3) is 0.435. The van der Waals surface area contributed by atoms with Gasteiger partial charge in [-0.3, -0.25) is 18.5 Å². The highest BCUT2D eigenvalue weighted by Crippen LogP contribution is 2.27. The topological polar surface area (TPSA) is 127 Å². The van der Waals surface area contributed by atoms with Gasteiger partial charge in [-0.2, -0.15) is 4.98 Å². The minimum Gasteiger partial charge on any atom is -0.444 e. The van der Waals surface area contributed by atoms with E-state index in [1.54, 1.807) is 40.8 Å². The Kier molecular flexibility index (Phi) is 6.14. The molecule has 3 heterocycles. The first-order valence-electron chi connectivity index (χ1n) is 11.2. The summed E-state index contributed by atoms with van der Waals surface area (Å²) >= 11 is 0. The van der Waals surface area contributed by atoms with Crippen LogP contribution in [0.2, 0.25) is 0 Å². The van der Waals surface area contributed by atoms with E-state index in [0.29, 0.717) is 43.4 Å². The monoisotopic (exact) mass is 483 g/mol. The Morgan fingerprint density at radius 1 is 1.09 bits per heavy atom. The number of hydrogen-bond acceptors (Lipinski definition) is 8. The lowest BCUT2D eigenvalue weighted by Crippen LogP contribution is -2.50. The zero-order valence-electron chi connectivity index (χ0n) is 20.4. The second kappa shape index (κ2) is 8.93. The maximum absolute atomic E-state index is 13.3. The molecule has 0 aliphatic carbocycles. The SMILES string of the molecule is Cn1c(=O)c2c(nc(N3CCN(C(=O)OC(C)(C)C)CC3)n2-c2ccccc2/C=N\O)n(C)c1=O. The summed E-state index contributed by atoms with van der Waals surface area (Å²) in [6.07, 6.45) is 0.893. The van der Waals surface area contributed by atoms with Crippen LogP contribution in [0.1, 0.15) is 26.3 Å². The summed E-state index contributed by atoms with van der Waals surface area (Å²) in [4.78, 5) is 46.6. The Morgan fingerprint density at radius 3 is 2.37 bits per heavy atom. The molecular weight excluding hydrogens is 454 g/mol. The molecule has 1 aromatic carbocycles. The average Bonchev–Trinajstić information content (AvgIpc) is 3.21. The summed E-state index contributed by atoms with van der Waals surface area (Å²) in [5.74, 6) is 0.445. The number of imidazole rings is 1. The van der Waals surface area contributed by atoms with Gasteiger partial charge >= 0.3 is 11.8 Å². The molecule has 1 aliphatic heterocycles. The van der Waals surface area contributed by atoms with Crippen molar-refractivity contribution in [3.05, 3.63) is 50.7 Å². The van der Waals surface area contributed by atoms with Crippen molar-refractivity contribution < 1.29 is 14.7 Å². The number of aryl methyl sites for hydroxylation is 1. The Hall–Kier alpha value is -4.09. The second-order valence-electron chi connectivity index (χ2n) is 9.38. The smallest absolute Gasteiger partial charge is 0.410 e. The van der Waals surface area contributed by atoms with Gasteiger partial charge in [0.25, 0.3) is 5.56 Å². The molecule has 0 radical (unpaired) electrons. The molecule has 1 fully saturated rings. The zero-order chi connectivity index (χ0) is 25.5. The number of aromatic nitrogens is 4. The number of carbonyl (C=O) groups is 1. The minimum absolute atomic E-state index is 0.220. The van der Waals surface area contributed by atoms with Crippen LogP contribution in [0.4, 0.5) is 10.7 Å². The minimum atomic E-state index is -0.592. The van der Waals surface area contributed by atoms with Crippen LogP contribution in [0.15, 0.2) is 39.0 Å². The third kappa shape index (κ3) is 4.38. The summed E-state index contributed by atoms with van der Waals surface area (Å²) in [6.45, 7) is 7.13. The molecule has 0 bridgehead atoms. The first-order chi connectivity index (χ1) is 16.5. The van der Waals surface area contributed by atoms with E-state index in [1.165, 1.54) is 17.8 Å². The fourth-order valence-electron chi connectivity index (χ4n) is 4.10. The molecule has 35 heavy (non-hydrogen) atoms. The number of benzene rings is 1. The number of fused-ring (bicyclic) bond motifs is 1. The number of hydrogen-bond donors (Lipinski definition) is 1. The largest absolute Gasteiger partial charge is 0.444 e. The third-order valence-electron chi connectivity index (χ3n) is 5.83. The third-order valence-corrected chi connectivity index (χ3v) is 5.83. The van der Waals surface area contributed by atoms with Crippen LogP contribution >= 0.6 is 0 Å². The van der Waals surface area contributed by atoms with E-state index in [4.69, 9.17) is 9.72 Å². The summed E-state index contributed by atoms with van der Waals surface area (Å²) in [6, 6.07) is 7.11. The summed E-state index contributed by atoms with van der Waals surface area (Å²) in [7, 11) is 2.98. The van der Waals surface area contributed by atoms with Gasteiger partial charge in [-0.15, -0.1) is 0 Å². The fourth-order valence-corrected chi connectivity index (χ4v) is 4.10. The molecule has 0 unspecified atom stereocenters. The first-order valence-corrected chi connectivity index (χ1v) is 11.2. The second-order valence-corrected chi connectivity index (χ2v) is 9.38. The number of amides is 1. The molecule has 12 heteroatoms. The highest BCUT2D eigenvalue weighted by molar-refractivity contribution is 5.88. The summed E-state index contributed by atoms with van der Waals surface area (Å²) in [5.41, 5.74) is -0.00246. The molecule has 1 N–H and O–H groups in total. The average molecular weight is 484 g/mol. The number of para-hydroxylation sites is 1. The molecule has 186 valence electrons. The van der Waals surface area contributed by atoms with Gasteiger partial charge in [0.05, 0.1) is 11.9 Å². The molecule has 1 saturated heterocycles. The van der Waals surface area contributed by atoms with Crippen LogP contribution in [0, 0.1) is 0 Å². The standard InChI is InChI=1S/C23H29N7O5/c1-23(2,3)35-22(33)29-12-10-28(11-13-29)20-25-18-17(19(31)27(5)21(32)26(18)4)30(20)16-9-7-6-8-15(16)14-24-34/h6-9,14,34H,10-13H2,1-5H3/b24-14-. The van der Waals surface area contributed by atoms with Crippen molar-refractivity contribution in [1.82, 2.24) is 23.6 Å². The van der Waals surface area contributed by atoms with E-state index in [0.717, 1.165) is 4.57 Å². The lowest BCUT2D eigenvalue weighted by molar-refractivity contribution is 0.0240. The molecule has 0 atom stereocenters. The van der Waals surface area contributed by atoms with Crippen LogP contribution in [0.25, 0.3) is 16.9 Å². The van der Waals surface area contributed by atoms with Gasteiger partial charge in [0.15, 0.2) is 11.2 Å². The Balaban J connectivity index is 1.84. The molecule has 3 aromatic rings. The predicted octanol–water partition coefficient (Wildman–Crippen LogP) is 1.29. The number of piperazine rings is 1. The number of oxime groups is 1. The number of anilines is 1. The van der Waals surface area contributed by atoms with Gasteiger partial charge < -0.3 is 19.7 Å². The Bertz CT molecular complexity index is 1420. The molecule has 0 spiro atoms. The Morgan fingerprint density at radius 2 is 1.74 bits per heavy atom. The molecule has 2 aromatic heterocycles. The highest BCUT2D eigenvalue weighted by Gasteiger charge is 2.30. The van der Waals surface area contributed by atoms with Crippen molar-refractivity contribution in [2.45, 2.75) is 26.4 Å². The summed E-state index contributed by atoms with van der Waals surface area (Å²) < 4.78 is 9.53. The van der Waals surface area contributed by atoms with Gasteiger partial charge in [0, 0.05) is 45.8 Å². The van der Waals surface area contributed by atoms with Crippen LogP contribution < -0.4 is 16.1 Å². The van der Waals surface area contributed by atoms with Crippen molar-refractivity contribution in [1.29, 1.82) is 0 Å². The normalized spacial score (nSPS) is 14.8. The molecule has 0 saturated carbocycles. The van der Waals surface area contributed by atoms with Gasteiger partial charge in [0.2, 0.25) is 5.95 Å². The molecule has 1 amide bonds. The van der Waals surface area contributed by atoms with Crippen LogP contribution in [-0.4, -0.2) is 72.9 Å². The van der Waals surface area contributed by atoms with Crippen LogP contribution in [0.5, 0.6) is 0 Å². The maximum atomic E-state index is 13.3. The number of ether oxygens (including phenoxy) is 1. The van der Waals surface area contributed by atoms with Gasteiger partial charge in [-0.05, 0) is 26.8 Å². The van der Waals surface area contributed by atoms with Crippen molar-refractivity contribution in [2.75, 3.05) is 31.1 Å². The van der Waals surface area contributed by atoms with Gasteiger partial charge in [-0.1, -0.05) is 23.4 Å². The molecule has 12 nitrogen and oxygen atoms in total. The lowest BCUT2D eigenvalue weighted by Gasteiger charge is -2.36. The lowest BCUT2D eigenvalue weighted by atomic mass is 10.2. The van der Waals surface area contributed by atoms with E-state index in [9.17, 15) is 19.6 Å². The first kappa shape index (κ1) is 24.0. The van der Waals surface area contributed by atoms with Gasteiger partial charge in [-0.25, -0.2) is 9.59 Å². The van der Waals surface area contributed by atoms with E-state index in [1.807, 2.05) is 25.7 Å². The highest BCUT2D eigenvalue weighted by atomic mass is 16.6. The van der Waals surface area contributed by atoms with Crippen LogP contribution in [0.3, 0.4) is 0 Å². The number of nitrogens with zero attached hydrogens (tertiary/aromatic N) is 7. The van der Waals surface area contributed by atoms with E-state index in [-0.39, 0.29) is 17.3 Å². The van der Waals surface area contributed by atoms with Crippen molar-refractivity contribution in [3.8, 4) is 5.69 Å². The number of rotatable bonds is 3.